The van der Waals surface area contributed by atoms with Gasteiger partial charge in [0.05, 0.1) is 5.56 Å². The Kier molecular flexibility index (Phi) is 5.79. The lowest BCUT2D eigenvalue weighted by Crippen LogP contribution is -2.45. The second kappa shape index (κ2) is 8.44. The van der Waals surface area contributed by atoms with Crippen LogP contribution in [0.5, 0.6) is 11.5 Å². The Morgan fingerprint density at radius 2 is 1.70 bits per heavy atom. The van der Waals surface area contributed by atoms with Gasteiger partial charge in [0.15, 0.2) is 0 Å². The zero-order valence-corrected chi connectivity index (χ0v) is 17.0. The number of carbonyl (C=O) groups is 1. The van der Waals surface area contributed by atoms with Gasteiger partial charge in [0.1, 0.15) is 11.5 Å². The normalized spacial score (nSPS) is 18.6. The summed E-state index contributed by atoms with van der Waals surface area (Å²) in [5.74, 6) is 1.40. The van der Waals surface area contributed by atoms with E-state index in [1.165, 1.54) is 25.9 Å². The Morgan fingerprint density at radius 3 is 2.44 bits per heavy atom. The Hall–Kier alpha value is -1.85. The number of likely N-dealkylation sites (tertiary alicyclic amines) is 2. The highest BCUT2D eigenvalue weighted by Crippen LogP contribution is 2.29. The van der Waals surface area contributed by atoms with Crippen LogP contribution in [-0.2, 0) is 0 Å². The Bertz CT molecular complexity index is 796. The average Bonchev–Trinajstić information content (AvgIpc) is 3.23. The maximum Gasteiger partial charge on any atom is 0.257 e. The van der Waals surface area contributed by atoms with E-state index < -0.39 is 0 Å². The first kappa shape index (κ1) is 18.5. The number of halogens is 1. The number of hydrogen-bond donors (Lipinski definition) is 0. The third kappa shape index (κ3) is 4.36. The maximum absolute atomic E-state index is 13.1. The number of ether oxygens (including phenoxy) is 1. The molecule has 2 heterocycles. The van der Waals surface area contributed by atoms with E-state index in [-0.39, 0.29) is 5.91 Å². The molecule has 0 radical (unpaired) electrons. The summed E-state index contributed by atoms with van der Waals surface area (Å²) in [6.45, 7) is 4.10. The fourth-order valence-corrected chi connectivity index (χ4v) is 4.48. The number of rotatable bonds is 4. The molecule has 2 saturated heterocycles. The second-order valence-corrected chi connectivity index (χ2v) is 8.24. The molecular weight excluding hydrogens is 404 g/mol. The summed E-state index contributed by atoms with van der Waals surface area (Å²) in [5, 5.41) is 0. The molecule has 2 aromatic rings. The molecule has 1 amide bonds. The quantitative estimate of drug-likeness (QED) is 0.690. The standard InChI is InChI=1S/C22H25BrN2O2/c23-17-6-5-7-19(16-17)27-21-9-2-1-8-20(21)22(26)25-14-10-18(11-15-25)24-12-3-4-13-24/h1-2,5-9,16,18H,3-4,10-15H2. The van der Waals surface area contributed by atoms with Crippen molar-refractivity contribution in [1.29, 1.82) is 0 Å². The van der Waals surface area contributed by atoms with Gasteiger partial charge >= 0.3 is 0 Å². The van der Waals surface area contributed by atoms with Crippen LogP contribution in [0.2, 0.25) is 0 Å². The molecule has 5 heteroatoms. The van der Waals surface area contributed by atoms with E-state index >= 15 is 0 Å². The summed E-state index contributed by atoms with van der Waals surface area (Å²) in [6, 6.07) is 15.9. The summed E-state index contributed by atoms with van der Waals surface area (Å²) in [7, 11) is 0. The van der Waals surface area contributed by atoms with Gasteiger partial charge in [-0.2, -0.15) is 0 Å². The smallest absolute Gasteiger partial charge is 0.257 e. The van der Waals surface area contributed by atoms with Gasteiger partial charge in [0.2, 0.25) is 0 Å². The van der Waals surface area contributed by atoms with Crippen LogP contribution in [0, 0.1) is 0 Å². The third-order valence-corrected chi connectivity index (χ3v) is 6.04. The molecule has 142 valence electrons. The third-order valence-electron chi connectivity index (χ3n) is 5.55. The van der Waals surface area contributed by atoms with Gasteiger partial charge in [-0.25, -0.2) is 0 Å². The summed E-state index contributed by atoms with van der Waals surface area (Å²) >= 11 is 3.46. The van der Waals surface area contributed by atoms with E-state index in [1.54, 1.807) is 0 Å². The summed E-state index contributed by atoms with van der Waals surface area (Å²) in [5.41, 5.74) is 0.636. The number of hydrogen-bond acceptors (Lipinski definition) is 3. The highest BCUT2D eigenvalue weighted by molar-refractivity contribution is 9.10. The van der Waals surface area contributed by atoms with Crippen LogP contribution in [-0.4, -0.2) is 47.9 Å². The fraction of sp³-hybridized carbons (Fsp3) is 0.409. The number of nitrogens with zero attached hydrogens (tertiary/aromatic N) is 2. The monoisotopic (exact) mass is 428 g/mol. The van der Waals surface area contributed by atoms with Crippen molar-refractivity contribution in [3.05, 3.63) is 58.6 Å². The number of piperidine rings is 1. The van der Waals surface area contributed by atoms with E-state index in [0.29, 0.717) is 17.4 Å². The number of carbonyl (C=O) groups excluding carboxylic acids is 1. The molecule has 0 saturated carbocycles. The first-order valence-corrected chi connectivity index (χ1v) is 10.6. The van der Waals surface area contributed by atoms with E-state index in [4.69, 9.17) is 4.74 Å². The molecule has 27 heavy (non-hydrogen) atoms. The van der Waals surface area contributed by atoms with Gasteiger partial charge < -0.3 is 14.5 Å². The van der Waals surface area contributed by atoms with Crippen LogP contribution in [0.1, 0.15) is 36.0 Å². The highest BCUT2D eigenvalue weighted by atomic mass is 79.9. The number of amides is 1. The van der Waals surface area contributed by atoms with Crippen LogP contribution >= 0.6 is 15.9 Å². The predicted molar refractivity (Wildman–Crippen MR) is 110 cm³/mol. The van der Waals surface area contributed by atoms with Crippen molar-refractivity contribution >= 4 is 21.8 Å². The van der Waals surface area contributed by atoms with Crippen molar-refractivity contribution in [2.45, 2.75) is 31.7 Å². The Balaban J connectivity index is 1.44. The molecule has 2 aromatic carbocycles. The zero-order chi connectivity index (χ0) is 18.6. The molecule has 2 aliphatic heterocycles. The van der Waals surface area contributed by atoms with Gasteiger partial charge in [0, 0.05) is 23.6 Å². The molecule has 0 aliphatic carbocycles. The molecule has 0 bridgehead atoms. The molecule has 0 atom stereocenters. The molecule has 0 spiro atoms. The van der Waals surface area contributed by atoms with E-state index in [1.807, 2.05) is 53.4 Å². The van der Waals surface area contributed by atoms with Crippen molar-refractivity contribution in [1.82, 2.24) is 9.80 Å². The minimum Gasteiger partial charge on any atom is -0.456 e. The summed E-state index contributed by atoms with van der Waals surface area (Å²) < 4.78 is 6.97. The van der Waals surface area contributed by atoms with Gasteiger partial charge in [-0.05, 0) is 69.1 Å². The Morgan fingerprint density at radius 1 is 0.963 bits per heavy atom. The van der Waals surface area contributed by atoms with Crippen LogP contribution in [0.25, 0.3) is 0 Å². The molecule has 0 unspecified atom stereocenters. The predicted octanol–water partition coefficient (Wildman–Crippen LogP) is 4.94. The van der Waals surface area contributed by atoms with Crippen LogP contribution in [0.3, 0.4) is 0 Å². The lowest BCUT2D eigenvalue weighted by atomic mass is 10.0. The lowest BCUT2D eigenvalue weighted by Gasteiger charge is -2.36. The number of para-hydroxylation sites is 1. The van der Waals surface area contributed by atoms with Gasteiger partial charge in [-0.3, -0.25) is 4.79 Å². The SMILES string of the molecule is O=C(c1ccccc1Oc1cccc(Br)c1)N1CCC(N2CCCC2)CC1. The van der Waals surface area contributed by atoms with E-state index in [2.05, 4.69) is 20.8 Å². The first-order chi connectivity index (χ1) is 13.2. The van der Waals surface area contributed by atoms with Crippen molar-refractivity contribution in [3.8, 4) is 11.5 Å². The lowest BCUT2D eigenvalue weighted by molar-refractivity contribution is 0.0642. The second-order valence-electron chi connectivity index (χ2n) is 7.32. The molecule has 4 nitrogen and oxygen atoms in total. The van der Waals surface area contributed by atoms with Crippen molar-refractivity contribution < 1.29 is 9.53 Å². The fourth-order valence-electron chi connectivity index (χ4n) is 4.10. The molecule has 0 aromatic heterocycles. The topological polar surface area (TPSA) is 32.8 Å². The first-order valence-electron chi connectivity index (χ1n) is 9.76. The van der Waals surface area contributed by atoms with Crippen LogP contribution < -0.4 is 4.74 Å². The van der Waals surface area contributed by atoms with Crippen molar-refractivity contribution in [2.75, 3.05) is 26.2 Å². The maximum atomic E-state index is 13.1. The average molecular weight is 429 g/mol. The molecular formula is C22H25BrN2O2. The summed E-state index contributed by atoms with van der Waals surface area (Å²) in [6.07, 6.45) is 4.78. The van der Waals surface area contributed by atoms with Gasteiger partial charge in [0.25, 0.3) is 5.91 Å². The largest absolute Gasteiger partial charge is 0.456 e. The molecule has 2 aliphatic rings. The minimum absolute atomic E-state index is 0.0699. The molecule has 2 fully saturated rings. The molecule has 4 rings (SSSR count). The van der Waals surface area contributed by atoms with Crippen LogP contribution in [0.15, 0.2) is 53.0 Å². The molecule has 0 N–H and O–H groups in total. The summed E-state index contributed by atoms with van der Waals surface area (Å²) in [4.78, 5) is 17.7. The van der Waals surface area contributed by atoms with Gasteiger partial charge in [-0.15, -0.1) is 0 Å². The zero-order valence-electron chi connectivity index (χ0n) is 15.4. The van der Waals surface area contributed by atoms with Crippen molar-refractivity contribution in [3.63, 3.8) is 0 Å². The number of benzene rings is 2. The van der Waals surface area contributed by atoms with E-state index in [0.717, 1.165) is 36.2 Å². The van der Waals surface area contributed by atoms with E-state index in [9.17, 15) is 4.79 Å². The van der Waals surface area contributed by atoms with Crippen molar-refractivity contribution in [2.24, 2.45) is 0 Å². The Labute approximate surface area is 169 Å². The van der Waals surface area contributed by atoms with Crippen LogP contribution in [0.4, 0.5) is 0 Å². The highest BCUT2D eigenvalue weighted by Gasteiger charge is 2.29. The minimum atomic E-state index is 0.0699. The van der Waals surface area contributed by atoms with Gasteiger partial charge in [-0.1, -0.05) is 34.1 Å².